The molecule has 0 saturated heterocycles. The van der Waals surface area contributed by atoms with Crippen molar-refractivity contribution >= 4 is 15.7 Å². The van der Waals surface area contributed by atoms with Crippen LogP contribution in [0.2, 0.25) is 0 Å². The highest BCUT2D eigenvalue weighted by Gasteiger charge is 2.42. The predicted molar refractivity (Wildman–Crippen MR) is 141 cm³/mol. The molecule has 1 saturated carbocycles. The molecule has 4 rings (SSSR count). The zero-order valence-electron chi connectivity index (χ0n) is 22.2. The number of carbonyl (C=O) groups excluding carboxylic acids is 1. The van der Waals surface area contributed by atoms with Crippen molar-refractivity contribution < 1.29 is 31.5 Å². The fourth-order valence-corrected chi connectivity index (χ4v) is 6.66. The Morgan fingerprint density at radius 2 is 1.82 bits per heavy atom. The third-order valence-corrected chi connectivity index (χ3v) is 9.84. The van der Waals surface area contributed by atoms with Crippen molar-refractivity contribution in [1.29, 1.82) is 0 Å². The zero-order valence-corrected chi connectivity index (χ0v) is 23.1. The van der Waals surface area contributed by atoms with Crippen LogP contribution in [0, 0.1) is 11.8 Å². The maximum absolute atomic E-state index is 13.1. The van der Waals surface area contributed by atoms with Crippen LogP contribution in [-0.2, 0) is 16.4 Å². The maximum atomic E-state index is 13.1. The molecule has 1 fully saturated rings. The standard InChI is InChI=1S/C28H36F3N3O4S/c1-3-25-26-21(16-34(25)15-18-5-9-22(10-6-18)28(29,30)31)13-20(14-32-26)27(36)33-24(17-35)19-7-11-23(12-8-19)39(37,38)4-2/h7-8,11-14,18,22,24-25,35H,3-6,9-10,15-17H2,1-2H3,(H,33,36)/t18?,22?,24-,25-/m0/s1. The number of nitrogens with zero attached hydrogens (tertiary/aromatic N) is 2. The molecule has 39 heavy (non-hydrogen) atoms. The van der Waals surface area contributed by atoms with Gasteiger partial charge in [-0.05, 0) is 67.3 Å². The maximum Gasteiger partial charge on any atom is 0.391 e. The van der Waals surface area contributed by atoms with Crippen LogP contribution in [0.5, 0.6) is 0 Å². The second kappa shape index (κ2) is 11.9. The van der Waals surface area contributed by atoms with Gasteiger partial charge in [0.1, 0.15) is 0 Å². The lowest BCUT2D eigenvalue weighted by molar-refractivity contribution is -0.184. The molecular weight excluding hydrogens is 531 g/mol. The molecule has 0 bridgehead atoms. The van der Waals surface area contributed by atoms with Crippen LogP contribution in [0.25, 0.3) is 0 Å². The average molecular weight is 568 g/mol. The van der Waals surface area contributed by atoms with E-state index >= 15 is 0 Å². The Kier molecular flexibility index (Phi) is 9.02. The van der Waals surface area contributed by atoms with E-state index in [9.17, 15) is 31.5 Å². The van der Waals surface area contributed by atoms with Gasteiger partial charge in [-0.25, -0.2) is 8.42 Å². The van der Waals surface area contributed by atoms with Crippen molar-refractivity contribution in [2.75, 3.05) is 18.9 Å². The lowest BCUT2D eigenvalue weighted by Gasteiger charge is -2.33. The van der Waals surface area contributed by atoms with Gasteiger partial charge in [-0.2, -0.15) is 13.2 Å². The van der Waals surface area contributed by atoms with Crippen molar-refractivity contribution in [3.8, 4) is 0 Å². The number of hydrogen-bond donors (Lipinski definition) is 2. The second-order valence-electron chi connectivity index (χ2n) is 10.6. The van der Waals surface area contributed by atoms with Gasteiger partial charge in [0.25, 0.3) is 5.91 Å². The topological polar surface area (TPSA) is 99.6 Å². The number of halogens is 3. The van der Waals surface area contributed by atoms with Crippen molar-refractivity contribution in [3.63, 3.8) is 0 Å². The number of aromatic nitrogens is 1. The number of carbonyl (C=O) groups is 1. The average Bonchev–Trinajstić information content (AvgIpc) is 3.27. The molecule has 1 aromatic carbocycles. The van der Waals surface area contributed by atoms with Crippen molar-refractivity contribution in [2.24, 2.45) is 11.8 Å². The summed E-state index contributed by atoms with van der Waals surface area (Å²) in [7, 11) is -3.36. The van der Waals surface area contributed by atoms with Gasteiger partial charge >= 0.3 is 6.18 Å². The van der Waals surface area contributed by atoms with Crippen LogP contribution in [0.15, 0.2) is 41.4 Å². The van der Waals surface area contributed by atoms with E-state index in [0.29, 0.717) is 37.1 Å². The Hall–Kier alpha value is -2.50. The molecule has 1 aromatic heterocycles. The molecule has 2 heterocycles. The van der Waals surface area contributed by atoms with E-state index in [-0.39, 0.29) is 42.1 Å². The molecule has 2 aliphatic rings. The summed E-state index contributed by atoms with van der Waals surface area (Å²) in [6.45, 7) is 4.54. The number of fused-ring (bicyclic) bond motifs is 1. The number of aliphatic hydroxyl groups excluding tert-OH is 1. The quantitative estimate of drug-likeness (QED) is 0.444. The van der Waals surface area contributed by atoms with Crippen LogP contribution in [0.4, 0.5) is 13.2 Å². The molecule has 0 spiro atoms. The molecule has 1 aliphatic carbocycles. The Bertz CT molecular complexity index is 1260. The lowest BCUT2D eigenvalue weighted by Crippen LogP contribution is -2.33. The molecule has 7 nitrogen and oxygen atoms in total. The lowest BCUT2D eigenvalue weighted by atomic mass is 9.81. The van der Waals surface area contributed by atoms with Crippen LogP contribution in [-0.4, -0.2) is 54.4 Å². The van der Waals surface area contributed by atoms with E-state index in [1.807, 2.05) is 0 Å². The molecule has 1 aliphatic heterocycles. The molecule has 0 radical (unpaired) electrons. The summed E-state index contributed by atoms with van der Waals surface area (Å²) in [5.74, 6) is -1.42. The smallest absolute Gasteiger partial charge is 0.391 e. The molecule has 2 aromatic rings. The summed E-state index contributed by atoms with van der Waals surface area (Å²) in [6.07, 6.45) is -0.324. The Morgan fingerprint density at radius 1 is 1.15 bits per heavy atom. The number of amides is 1. The first-order valence-corrected chi connectivity index (χ1v) is 15.2. The van der Waals surface area contributed by atoms with Crippen molar-refractivity contribution in [2.45, 2.75) is 75.7 Å². The molecule has 2 N–H and O–H groups in total. The minimum Gasteiger partial charge on any atom is -0.394 e. The molecule has 1 amide bonds. The first-order valence-electron chi connectivity index (χ1n) is 13.5. The number of rotatable bonds is 9. The summed E-state index contributed by atoms with van der Waals surface area (Å²) in [4.78, 5) is 20.1. The van der Waals surface area contributed by atoms with E-state index in [1.54, 1.807) is 25.1 Å². The number of hydrogen-bond acceptors (Lipinski definition) is 6. The SMILES string of the molecule is CC[C@H]1c2ncc(C(=O)N[C@@H](CO)c3ccc(S(=O)(=O)CC)cc3)cc2CN1CC1CCC(C(F)(F)F)CC1. The van der Waals surface area contributed by atoms with Gasteiger partial charge in [0.2, 0.25) is 0 Å². The van der Waals surface area contributed by atoms with Crippen LogP contribution in [0.3, 0.4) is 0 Å². The summed E-state index contributed by atoms with van der Waals surface area (Å²) < 4.78 is 63.3. The number of nitrogens with one attached hydrogen (secondary N) is 1. The number of sulfone groups is 1. The molecule has 0 unspecified atom stereocenters. The highest BCUT2D eigenvalue weighted by Crippen LogP contribution is 2.42. The molecule has 11 heteroatoms. The predicted octanol–water partition coefficient (Wildman–Crippen LogP) is 4.97. The van der Waals surface area contributed by atoms with Crippen molar-refractivity contribution in [3.05, 3.63) is 58.9 Å². The van der Waals surface area contributed by atoms with Gasteiger partial charge < -0.3 is 10.4 Å². The van der Waals surface area contributed by atoms with E-state index in [0.717, 1.165) is 17.7 Å². The van der Waals surface area contributed by atoms with E-state index in [4.69, 9.17) is 0 Å². The molecule has 2 atom stereocenters. The third-order valence-electron chi connectivity index (χ3n) is 8.09. The van der Waals surface area contributed by atoms with E-state index in [1.165, 1.54) is 18.3 Å². The highest BCUT2D eigenvalue weighted by atomic mass is 32.2. The number of benzene rings is 1. The van der Waals surface area contributed by atoms with Gasteiger partial charge in [-0.3, -0.25) is 14.7 Å². The van der Waals surface area contributed by atoms with Gasteiger partial charge in [0.05, 0.1) is 46.5 Å². The molecule has 214 valence electrons. The summed E-state index contributed by atoms with van der Waals surface area (Å²) >= 11 is 0. The van der Waals surface area contributed by atoms with Gasteiger partial charge in [0, 0.05) is 19.3 Å². The normalized spacial score (nSPS) is 22.9. The first kappa shape index (κ1) is 29.5. The minimum absolute atomic E-state index is 0.0205. The van der Waals surface area contributed by atoms with Gasteiger partial charge in [-0.15, -0.1) is 0 Å². The zero-order chi connectivity index (χ0) is 28.4. The van der Waals surface area contributed by atoms with E-state index in [2.05, 4.69) is 22.1 Å². The van der Waals surface area contributed by atoms with Gasteiger partial charge in [0.15, 0.2) is 9.84 Å². The third kappa shape index (κ3) is 6.63. The Balaban J connectivity index is 1.41. The second-order valence-corrected chi connectivity index (χ2v) is 12.8. The van der Waals surface area contributed by atoms with E-state index < -0.39 is 33.9 Å². The summed E-state index contributed by atoms with van der Waals surface area (Å²) in [5.41, 5.74) is 2.74. The van der Waals surface area contributed by atoms with Crippen molar-refractivity contribution in [1.82, 2.24) is 15.2 Å². The Morgan fingerprint density at radius 3 is 2.38 bits per heavy atom. The fourth-order valence-electron chi connectivity index (χ4n) is 5.77. The number of aliphatic hydroxyl groups is 1. The van der Waals surface area contributed by atoms with Crippen LogP contribution >= 0.6 is 0 Å². The highest BCUT2D eigenvalue weighted by molar-refractivity contribution is 7.91. The monoisotopic (exact) mass is 567 g/mol. The largest absolute Gasteiger partial charge is 0.394 e. The fraction of sp³-hybridized carbons (Fsp3) is 0.571. The minimum atomic E-state index is -4.12. The molecular formula is C28H36F3N3O4S. The first-order chi connectivity index (χ1) is 18.5. The van der Waals surface area contributed by atoms with Crippen LogP contribution in [0.1, 0.15) is 85.2 Å². The number of pyridine rings is 1. The Labute approximate surface area is 227 Å². The van der Waals surface area contributed by atoms with Gasteiger partial charge in [-0.1, -0.05) is 26.0 Å². The summed E-state index contributed by atoms with van der Waals surface area (Å²) in [6, 6.07) is 7.22. The number of alkyl halides is 3. The van der Waals surface area contributed by atoms with Crippen LogP contribution < -0.4 is 5.32 Å². The summed E-state index contributed by atoms with van der Waals surface area (Å²) in [5, 5.41) is 12.7.